The van der Waals surface area contributed by atoms with Crippen LogP contribution < -0.4 is 5.11 Å². The van der Waals surface area contributed by atoms with Crippen LogP contribution in [0.1, 0.15) is 27.2 Å². The van der Waals surface area contributed by atoms with E-state index in [0.717, 1.165) is 0 Å². The third-order valence-electron chi connectivity index (χ3n) is 2.22. The molecule has 2 atom stereocenters. The molecule has 4 heteroatoms. The monoisotopic (exact) mass is 187 g/mol. The third kappa shape index (κ3) is 2.42. The van der Waals surface area contributed by atoms with Crippen LogP contribution in [0.5, 0.6) is 0 Å². The predicted octanol–water partition coefficient (Wildman–Crippen LogP) is -0.0860. The molecule has 0 saturated carbocycles. The van der Waals surface area contributed by atoms with Crippen molar-refractivity contribution in [2.75, 3.05) is 6.61 Å². The van der Waals surface area contributed by atoms with Gasteiger partial charge in [0.2, 0.25) is 0 Å². The molecule has 1 rings (SSSR count). The normalized spacial score (nSPS) is 28.7. The number of hydrogen-bond donors (Lipinski definition) is 0. The number of aliphatic carboxylic acids is 1. The van der Waals surface area contributed by atoms with Crippen molar-refractivity contribution in [3.05, 3.63) is 0 Å². The Kier molecular flexibility index (Phi) is 2.93. The SMILES string of the molecule is CCC(C(=O)[O-])[C@H]1COC(C)(C)O1. The molecule has 1 saturated heterocycles. The van der Waals surface area contributed by atoms with Crippen LogP contribution in [0.15, 0.2) is 0 Å². The van der Waals surface area contributed by atoms with Gasteiger partial charge in [-0.1, -0.05) is 6.92 Å². The molecular formula is C9H15O4-. The first-order valence-corrected chi connectivity index (χ1v) is 4.49. The van der Waals surface area contributed by atoms with Gasteiger partial charge in [0.05, 0.1) is 12.7 Å². The molecule has 1 aliphatic rings. The average molecular weight is 187 g/mol. The van der Waals surface area contributed by atoms with Crippen molar-refractivity contribution < 1.29 is 19.4 Å². The number of carboxylic acid groups (broad SMARTS) is 1. The highest BCUT2D eigenvalue weighted by Gasteiger charge is 2.37. The van der Waals surface area contributed by atoms with Crippen molar-refractivity contribution in [1.82, 2.24) is 0 Å². The van der Waals surface area contributed by atoms with Gasteiger partial charge in [0, 0.05) is 11.9 Å². The zero-order chi connectivity index (χ0) is 10.1. The summed E-state index contributed by atoms with van der Waals surface area (Å²) in [6.07, 6.45) is 0.136. The summed E-state index contributed by atoms with van der Waals surface area (Å²) in [5, 5.41) is 10.7. The summed E-state index contributed by atoms with van der Waals surface area (Å²) >= 11 is 0. The zero-order valence-corrected chi connectivity index (χ0v) is 8.20. The van der Waals surface area contributed by atoms with Crippen molar-refractivity contribution >= 4 is 5.97 Å². The van der Waals surface area contributed by atoms with Gasteiger partial charge in [-0.2, -0.15) is 0 Å². The smallest absolute Gasteiger partial charge is 0.163 e. The zero-order valence-electron chi connectivity index (χ0n) is 8.20. The number of carboxylic acids is 1. The second-order valence-electron chi connectivity index (χ2n) is 3.70. The molecule has 0 spiro atoms. The molecule has 0 aromatic heterocycles. The van der Waals surface area contributed by atoms with Crippen molar-refractivity contribution in [3.63, 3.8) is 0 Å². The van der Waals surface area contributed by atoms with E-state index >= 15 is 0 Å². The minimum atomic E-state index is -1.06. The first kappa shape index (κ1) is 10.5. The lowest BCUT2D eigenvalue weighted by Gasteiger charge is -2.23. The van der Waals surface area contributed by atoms with Gasteiger partial charge in [-0.25, -0.2) is 0 Å². The lowest BCUT2D eigenvalue weighted by atomic mass is 10.0. The Labute approximate surface area is 77.8 Å². The highest BCUT2D eigenvalue weighted by Crippen LogP contribution is 2.27. The quantitative estimate of drug-likeness (QED) is 0.619. The molecule has 4 nitrogen and oxygen atoms in total. The van der Waals surface area contributed by atoms with E-state index in [-0.39, 0.29) is 6.10 Å². The third-order valence-corrected chi connectivity index (χ3v) is 2.22. The number of hydrogen-bond acceptors (Lipinski definition) is 4. The Morgan fingerprint density at radius 3 is 2.62 bits per heavy atom. The average Bonchev–Trinajstić information content (AvgIpc) is 2.31. The van der Waals surface area contributed by atoms with E-state index in [4.69, 9.17) is 9.47 Å². The van der Waals surface area contributed by atoms with E-state index in [1.54, 1.807) is 20.8 Å². The van der Waals surface area contributed by atoms with E-state index in [1.807, 2.05) is 0 Å². The Morgan fingerprint density at radius 2 is 2.31 bits per heavy atom. The lowest BCUT2D eigenvalue weighted by Crippen LogP contribution is -2.40. The first-order valence-electron chi connectivity index (χ1n) is 4.49. The van der Waals surface area contributed by atoms with Gasteiger partial charge in [0.15, 0.2) is 5.79 Å². The minimum absolute atomic E-state index is 0.333. The molecule has 0 amide bonds. The summed E-state index contributed by atoms with van der Waals surface area (Å²) in [5.74, 6) is -2.29. The maximum atomic E-state index is 10.7. The van der Waals surface area contributed by atoms with Crippen LogP contribution >= 0.6 is 0 Å². The van der Waals surface area contributed by atoms with Crippen molar-refractivity contribution in [2.24, 2.45) is 5.92 Å². The lowest BCUT2D eigenvalue weighted by molar-refractivity contribution is -0.315. The van der Waals surface area contributed by atoms with Gasteiger partial charge < -0.3 is 19.4 Å². The second-order valence-corrected chi connectivity index (χ2v) is 3.70. The Balaban J connectivity index is 2.58. The second kappa shape index (κ2) is 3.64. The topological polar surface area (TPSA) is 58.6 Å². The van der Waals surface area contributed by atoms with Crippen molar-refractivity contribution in [3.8, 4) is 0 Å². The molecule has 0 aromatic rings. The number of ether oxygens (including phenoxy) is 2. The fraction of sp³-hybridized carbons (Fsp3) is 0.889. The fourth-order valence-corrected chi connectivity index (χ4v) is 1.50. The molecule has 0 aromatic carbocycles. The van der Waals surface area contributed by atoms with Crippen molar-refractivity contribution in [2.45, 2.75) is 39.1 Å². The van der Waals surface area contributed by atoms with Crippen LogP contribution in [0, 0.1) is 5.92 Å². The molecule has 0 bridgehead atoms. The first-order chi connectivity index (χ1) is 5.96. The maximum absolute atomic E-state index is 10.7. The minimum Gasteiger partial charge on any atom is -0.550 e. The van der Waals surface area contributed by atoms with Crippen molar-refractivity contribution in [1.29, 1.82) is 0 Å². The van der Waals surface area contributed by atoms with Gasteiger partial charge in [0.25, 0.3) is 0 Å². The molecule has 0 aliphatic carbocycles. The van der Waals surface area contributed by atoms with Gasteiger partial charge in [-0.05, 0) is 20.3 Å². The molecule has 0 radical (unpaired) electrons. The van der Waals surface area contributed by atoms with Gasteiger partial charge in [0.1, 0.15) is 0 Å². The number of carbonyl (C=O) groups excluding carboxylic acids is 1. The van der Waals surface area contributed by atoms with E-state index in [9.17, 15) is 9.90 Å². The summed E-state index contributed by atoms with van der Waals surface area (Å²) < 4.78 is 10.7. The van der Waals surface area contributed by atoms with Gasteiger partial charge >= 0.3 is 0 Å². The molecule has 1 heterocycles. The summed E-state index contributed by atoms with van der Waals surface area (Å²) in [6, 6.07) is 0. The molecular weight excluding hydrogens is 172 g/mol. The van der Waals surface area contributed by atoms with Crippen LogP contribution in [0.25, 0.3) is 0 Å². The van der Waals surface area contributed by atoms with Crippen LogP contribution in [0.3, 0.4) is 0 Å². The summed E-state index contributed by atoms with van der Waals surface area (Å²) in [6.45, 7) is 5.68. The predicted molar refractivity (Wildman–Crippen MR) is 43.7 cm³/mol. The highest BCUT2D eigenvalue weighted by atomic mass is 16.7. The largest absolute Gasteiger partial charge is 0.550 e. The van der Waals surface area contributed by atoms with E-state index in [2.05, 4.69) is 0 Å². The Hall–Kier alpha value is -0.610. The maximum Gasteiger partial charge on any atom is 0.163 e. The summed E-state index contributed by atoms with van der Waals surface area (Å²) in [7, 11) is 0. The fourth-order valence-electron chi connectivity index (χ4n) is 1.50. The van der Waals surface area contributed by atoms with Gasteiger partial charge in [-0.3, -0.25) is 0 Å². The summed E-state index contributed by atoms with van der Waals surface area (Å²) in [4.78, 5) is 10.7. The van der Waals surface area contributed by atoms with Gasteiger partial charge in [-0.15, -0.1) is 0 Å². The molecule has 1 unspecified atom stereocenters. The summed E-state index contributed by atoms with van der Waals surface area (Å²) in [5.41, 5.74) is 0. The molecule has 1 aliphatic heterocycles. The highest BCUT2D eigenvalue weighted by molar-refractivity contribution is 5.68. The van der Waals surface area contributed by atoms with E-state index in [0.29, 0.717) is 13.0 Å². The molecule has 76 valence electrons. The van der Waals surface area contributed by atoms with Crippen LogP contribution in [0.4, 0.5) is 0 Å². The van der Waals surface area contributed by atoms with Crippen LogP contribution in [-0.2, 0) is 14.3 Å². The molecule has 1 fully saturated rings. The molecule has 0 N–H and O–H groups in total. The number of rotatable bonds is 3. The number of carbonyl (C=O) groups is 1. The Bertz CT molecular complexity index is 200. The van der Waals surface area contributed by atoms with Crippen LogP contribution in [0.2, 0.25) is 0 Å². The van der Waals surface area contributed by atoms with E-state index in [1.165, 1.54) is 0 Å². The standard InChI is InChI=1S/C9H16O4/c1-4-6(8(10)11)7-5-12-9(2,3)13-7/h6-7H,4-5H2,1-3H3,(H,10,11)/p-1/t6?,7-/m1/s1. The van der Waals surface area contributed by atoms with E-state index < -0.39 is 17.7 Å². The Morgan fingerprint density at radius 1 is 1.69 bits per heavy atom. The van der Waals surface area contributed by atoms with Crippen LogP contribution in [-0.4, -0.2) is 24.5 Å². The molecule has 13 heavy (non-hydrogen) atoms.